The predicted octanol–water partition coefficient (Wildman–Crippen LogP) is 4.84. The fraction of sp³-hybridized carbons (Fsp3) is 0.312. The monoisotopic (exact) mass is 243 g/mol. The average Bonchev–Trinajstić information content (AvgIpc) is 2.32. The molecule has 0 fully saturated rings. The number of halogens is 1. The van der Waals surface area contributed by atoms with Crippen molar-refractivity contribution in [3.05, 3.63) is 52.6 Å². The lowest BCUT2D eigenvalue weighted by molar-refractivity contribution is 0.588. The van der Waals surface area contributed by atoms with Crippen molar-refractivity contribution in [2.75, 3.05) is 0 Å². The van der Waals surface area contributed by atoms with Crippen LogP contribution >= 0.6 is 0 Å². The molecule has 0 aromatic carbocycles. The summed E-state index contributed by atoms with van der Waals surface area (Å²) in [6, 6.07) is 2.14. The zero-order valence-electron chi connectivity index (χ0n) is 11.1. The van der Waals surface area contributed by atoms with Gasteiger partial charge in [-0.25, -0.2) is 4.39 Å². The zero-order chi connectivity index (χ0) is 13.1. The molecule has 1 aliphatic carbocycles. The van der Waals surface area contributed by atoms with Gasteiger partial charge in [0.25, 0.3) is 0 Å². The number of hydrogen-bond acceptors (Lipinski definition) is 1. The molecule has 1 aromatic rings. The van der Waals surface area contributed by atoms with Gasteiger partial charge in [0.05, 0.1) is 5.69 Å². The highest BCUT2D eigenvalue weighted by atomic mass is 19.1. The van der Waals surface area contributed by atoms with Gasteiger partial charge in [0.1, 0.15) is 5.83 Å². The average molecular weight is 243 g/mol. The second-order valence-electron chi connectivity index (χ2n) is 4.68. The number of allylic oxidation sites excluding steroid dienone is 5. The highest BCUT2D eigenvalue weighted by Gasteiger charge is 2.13. The van der Waals surface area contributed by atoms with Crippen molar-refractivity contribution in [3.8, 4) is 0 Å². The number of aryl methyl sites for hydroxylation is 1. The highest BCUT2D eigenvalue weighted by molar-refractivity contribution is 5.72. The normalized spacial score (nSPS) is 16.3. The molecule has 18 heavy (non-hydrogen) atoms. The summed E-state index contributed by atoms with van der Waals surface area (Å²) < 4.78 is 13.2. The molecule has 0 unspecified atom stereocenters. The van der Waals surface area contributed by atoms with Gasteiger partial charge in [0, 0.05) is 12.6 Å². The minimum absolute atomic E-state index is 0.0218. The molecule has 0 spiro atoms. The van der Waals surface area contributed by atoms with Gasteiger partial charge >= 0.3 is 0 Å². The third-order valence-electron chi connectivity index (χ3n) is 3.25. The van der Waals surface area contributed by atoms with E-state index in [1.165, 1.54) is 5.57 Å². The van der Waals surface area contributed by atoms with Gasteiger partial charge in [-0.1, -0.05) is 6.08 Å². The minimum Gasteiger partial charge on any atom is -0.256 e. The first-order chi connectivity index (χ1) is 8.61. The lowest BCUT2D eigenvalue weighted by Gasteiger charge is -2.15. The summed E-state index contributed by atoms with van der Waals surface area (Å²) in [7, 11) is 0. The van der Waals surface area contributed by atoms with Crippen LogP contribution in [0.15, 0.2) is 35.8 Å². The Hall–Kier alpha value is -1.70. The molecule has 2 rings (SSSR count). The number of rotatable bonds is 2. The minimum atomic E-state index is -0.0218. The summed E-state index contributed by atoms with van der Waals surface area (Å²) in [6.45, 7) is 6.00. The van der Waals surface area contributed by atoms with E-state index in [2.05, 4.69) is 18.0 Å². The van der Waals surface area contributed by atoms with Crippen LogP contribution in [0.4, 0.5) is 4.39 Å². The third-order valence-corrected chi connectivity index (χ3v) is 3.25. The van der Waals surface area contributed by atoms with Crippen LogP contribution in [0.2, 0.25) is 0 Å². The van der Waals surface area contributed by atoms with E-state index in [4.69, 9.17) is 0 Å². The maximum Gasteiger partial charge on any atom is 0.101 e. The molecule has 2 heteroatoms. The van der Waals surface area contributed by atoms with Crippen molar-refractivity contribution < 1.29 is 4.39 Å². The number of pyridine rings is 1. The Labute approximate surface area is 108 Å². The molecule has 0 amide bonds. The molecule has 0 N–H and O–H groups in total. The van der Waals surface area contributed by atoms with Crippen molar-refractivity contribution in [3.63, 3.8) is 0 Å². The summed E-state index contributed by atoms with van der Waals surface area (Å²) in [5.41, 5.74) is 5.48. The molecule has 0 bridgehead atoms. The van der Waals surface area contributed by atoms with Crippen LogP contribution in [-0.4, -0.2) is 4.98 Å². The van der Waals surface area contributed by atoms with Crippen LogP contribution in [0.25, 0.3) is 11.6 Å². The second-order valence-corrected chi connectivity index (χ2v) is 4.68. The fourth-order valence-corrected chi connectivity index (χ4v) is 2.29. The Bertz CT molecular complexity index is 550. The van der Waals surface area contributed by atoms with Crippen LogP contribution < -0.4 is 0 Å². The third kappa shape index (κ3) is 2.58. The van der Waals surface area contributed by atoms with Gasteiger partial charge < -0.3 is 0 Å². The van der Waals surface area contributed by atoms with Crippen molar-refractivity contribution in [1.29, 1.82) is 0 Å². The molecule has 0 saturated carbocycles. The van der Waals surface area contributed by atoms with Gasteiger partial charge in [0.2, 0.25) is 0 Å². The molecular formula is C16H18FN. The van der Waals surface area contributed by atoms with Gasteiger partial charge in [0.15, 0.2) is 0 Å². The predicted molar refractivity (Wildman–Crippen MR) is 74.7 cm³/mol. The molecule has 0 saturated heterocycles. The fourth-order valence-electron chi connectivity index (χ4n) is 2.29. The summed E-state index contributed by atoms with van der Waals surface area (Å²) >= 11 is 0. The van der Waals surface area contributed by atoms with Crippen LogP contribution in [-0.2, 0) is 0 Å². The first kappa shape index (κ1) is 12.7. The van der Waals surface area contributed by atoms with Crippen molar-refractivity contribution in [2.45, 2.75) is 33.6 Å². The largest absolute Gasteiger partial charge is 0.256 e. The smallest absolute Gasteiger partial charge is 0.101 e. The van der Waals surface area contributed by atoms with E-state index >= 15 is 0 Å². The summed E-state index contributed by atoms with van der Waals surface area (Å²) in [5, 5.41) is 0. The van der Waals surface area contributed by atoms with Crippen molar-refractivity contribution in [1.82, 2.24) is 4.98 Å². The lowest BCUT2D eigenvalue weighted by Crippen LogP contribution is -1.98. The molecule has 94 valence electrons. The van der Waals surface area contributed by atoms with Crippen LogP contribution in [0.3, 0.4) is 0 Å². The number of nitrogens with zero attached hydrogens (tertiary/aromatic N) is 1. The Kier molecular flexibility index (Phi) is 3.75. The van der Waals surface area contributed by atoms with Gasteiger partial charge in [-0.3, -0.25) is 4.98 Å². The summed E-state index contributed by atoms with van der Waals surface area (Å²) in [4.78, 5) is 4.46. The topological polar surface area (TPSA) is 12.9 Å². The second kappa shape index (κ2) is 5.30. The first-order valence-corrected chi connectivity index (χ1v) is 6.27. The van der Waals surface area contributed by atoms with Gasteiger partial charge in [-0.2, -0.15) is 0 Å². The van der Waals surface area contributed by atoms with Gasteiger partial charge in [-0.05, 0) is 67.7 Å². The SMILES string of the molecule is C/C=C\c1ncc(C2=C(C)C=C(F)CC2)cc1C. The van der Waals surface area contributed by atoms with E-state index in [1.807, 2.05) is 32.2 Å². The van der Waals surface area contributed by atoms with E-state index in [9.17, 15) is 4.39 Å². The van der Waals surface area contributed by atoms with Crippen LogP contribution in [0.1, 0.15) is 43.5 Å². The zero-order valence-corrected chi connectivity index (χ0v) is 11.1. The number of hydrogen-bond donors (Lipinski definition) is 0. The number of aromatic nitrogens is 1. The van der Waals surface area contributed by atoms with Crippen LogP contribution in [0, 0.1) is 6.92 Å². The Balaban J connectivity index is 2.41. The molecule has 0 atom stereocenters. The maximum absolute atomic E-state index is 13.2. The lowest BCUT2D eigenvalue weighted by atomic mass is 9.92. The molecule has 1 aromatic heterocycles. The van der Waals surface area contributed by atoms with E-state index in [-0.39, 0.29) is 5.83 Å². The standard InChI is InChI=1S/C16H18FN/c1-4-5-16-12(3)8-13(10-18-16)15-7-6-14(17)9-11(15)2/h4-5,8-10H,6-7H2,1-3H3/b5-4-. The highest BCUT2D eigenvalue weighted by Crippen LogP contribution is 2.32. The summed E-state index contributed by atoms with van der Waals surface area (Å²) in [5.74, 6) is -0.0218. The first-order valence-electron chi connectivity index (χ1n) is 6.27. The molecular weight excluding hydrogens is 225 g/mol. The van der Waals surface area contributed by atoms with Crippen LogP contribution in [0.5, 0.6) is 0 Å². The molecule has 1 nitrogen and oxygen atoms in total. The van der Waals surface area contributed by atoms with E-state index in [0.717, 1.165) is 28.8 Å². The molecule has 0 aliphatic heterocycles. The van der Waals surface area contributed by atoms with Gasteiger partial charge in [-0.15, -0.1) is 0 Å². The molecule has 1 heterocycles. The summed E-state index contributed by atoms with van der Waals surface area (Å²) in [6.07, 6.45) is 8.77. The Morgan fingerprint density at radius 3 is 2.67 bits per heavy atom. The maximum atomic E-state index is 13.2. The quantitative estimate of drug-likeness (QED) is 0.724. The Morgan fingerprint density at radius 1 is 1.28 bits per heavy atom. The van der Waals surface area contributed by atoms with E-state index < -0.39 is 0 Å². The molecule has 1 aliphatic rings. The van der Waals surface area contributed by atoms with Crippen molar-refractivity contribution in [2.24, 2.45) is 0 Å². The van der Waals surface area contributed by atoms with E-state index in [0.29, 0.717) is 6.42 Å². The molecule has 0 radical (unpaired) electrons. The van der Waals surface area contributed by atoms with E-state index in [1.54, 1.807) is 6.08 Å². The Morgan fingerprint density at radius 2 is 2.06 bits per heavy atom. The van der Waals surface area contributed by atoms with Crippen molar-refractivity contribution >= 4 is 11.6 Å².